The summed E-state index contributed by atoms with van der Waals surface area (Å²) in [4.78, 5) is 38.9. The van der Waals surface area contributed by atoms with E-state index in [0.29, 0.717) is 28.1 Å². The third-order valence-corrected chi connectivity index (χ3v) is 4.51. The van der Waals surface area contributed by atoms with Crippen LogP contribution in [0.4, 0.5) is 5.69 Å². The van der Waals surface area contributed by atoms with Crippen molar-refractivity contribution in [1.82, 2.24) is 0 Å². The fourth-order valence-electron chi connectivity index (χ4n) is 3.14. The normalized spacial score (nSPS) is 14.3. The monoisotopic (exact) mass is 441 g/mol. The number of benzene rings is 1. The van der Waals surface area contributed by atoms with Crippen molar-refractivity contribution in [2.75, 3.05) is 18.1 Å². The number of ether oxygens (including phenoxy) is 3. The van der Waals surface area contributed by atoms with Crippen LogP contribution in [0.5, 0.6) is 0 Å². The molecule has 1 aliphatic heterocycles. The molecule has 0 amide bonds. The smallest absolute Gasteiger partial charge is 0.336 e. The zero-order valence-electron chi connectivity index (χ0n) is 19.6. The minimum Gasteiger partial charge on any atom is -0.463 e. The Morgan fingerprint density at radius 1 is 1.03 bits per heavy atom. The summed E-state index contributed by atoms with van der Waals surface area (Å²) in [5.74, 6) is -1.44. The summed E-state index contributed by atoms with van der Waals surface area (Å²) >= 11 is 0. The van der Waals surface area contributed by atoms with Gasteiger partial charge in [0.15, 0.2) is 0 Å². The van der Waals surface area contributed by atoms with E-state index in [1.165, 1.54) is 6.08 Å². The average molecular weight is 442 g/mol. The summed E-state index contributed by atoms with van der Waals surface area (Å²) < 4.78 is 15.7. The summed E-state index contributed by atoms with van der Waals surface area (Å²) in [6, 6.07) is 7.35. The second kappa shape index (κ2) is 10.8. The molecule has 7 nitrogen and oxygen atoms in total. The zero-order chi connectivity index (χ0) is 23.9. The SMILES string of the molecule is CCOC(=O)C1=CN(c2ccccc2/C=C/C(=O)OC(C)(C)C)C(C)=C(C(=O)OCC)C1. The Hall–Kier alpha value is -3.35. The maximum atomic E-state index is 12.6. The van der Waals surface area contributed by atoms with E-state index in [2.05, 4.69) is 0 Å². The van der Waals surface area contributed by atoms with E-state index in [0.717, 1.165) is 0 Å². The van der Waals surface area contributed by atoms with Gasteiger partial charge < -0.3 is 19.1 Å². The van der Waals surface area contributed by atoms with Crippen molar-refractivity contribution >= 4 is 29.7 Å². The molecule has 0 unspecified atom stereocenters. The van der Waals surface area contributed by atoms with Gasteiger partial charge in [-0.2, -0.15) is 0 Å². The van der Waals surface area contributed by atoms with Crippen molar-refractivity contribution in [2.45, 2.75) is 53.6 Å². The fraction of sp³-hybridized carbons (Fsp3) is 0.400. The molecule has 0 aromatic heterocycles. The van der Waals surface area contributed by atoms with Gasteiger partial charge in [0.2, 0.25) is 0 Å². The van der Waals surface area contributed by atoms with Crippen molar-refractivity contribution in [1.29, 1.82) is 0 Å². The first kappa shape index (κ1) is 24.9. The van der Waals surface area contributed by atoms with Crippen molar-refractivity contribution in [3.8, 4) is 0 Å². The summed E-state index contributed by atoms with van der Waals surface area (Å²) in [5, 5.41) is 0. The van der Waals surface area contributed by atoms with Crippen LogP contribution in [-0.4, -0.2) is 36.7 Å². The van der Waals surface area contributed by atoms with Crippen LogP contribution in [0, 0.1) is 0 Å². The largest absolute Gasteiger partial charge is 0.463 e. The van der Waals surface area contributed by atoms with Crippen LogP contribution in [0.1, 0.15) is 53.5 Å². The summed E-state index contributed by atoms with van der Waals surface area (Å²) in [6.07, 6.45) is 4.79. The first-order valence-electron chi connectivity index (χ1n) is 10.6. The molecule has 0 spiro atoms. The minimum atomic E-state index is -0.598. The number of allylic oxidation sites excluding steroid dienone is 1. The number of esters is 3. The summed E-state index contributed by atoms with van der Waals surface area (Å²) in [6.45, 7) is 11.1. The van der Waals surface area contributed by atoms with Crippen LogP contribution in [0.15, 0.2) is 53.4 Å². The molecule has 0 N–H and O–H groups in total. The molecular formula is C25H31NO6. The molecule has 2 rings (SSSR count). The fourth-order valence-corrected chi connectivity index (χ4v) is 3.14. The predicted octanol–water partition coefficient (Wildman–Crippen LogP) is 4.54. The van der Waals surface area contributed by atoms with Crippen LogP contribution >= 0.6 is 0 Å². The molecule has 1 aromatic carbocycles. The number of anilines is 1. The van der Waals surface area contributed by atoms with E-state index < -0.39 is 23.5 Å². The first-order chi connectivity index (χ1) is 15.1. The summed E-state index contributed by atoms with van der Waals surface area (Å²) in [7, 11) is 0. The molecule has 0 atom stereocenters. The number of para-hydroxylation sites is 1. The standard InChI is InChI=1S/C25H31NO6/c1-7-30-23(28)19-15-20(24(29)31-8-2)17(3)26(16-19)21-12-10-9-11-18(21)13-14-22(27)32-25(4,5)6/h9-14,16H,7-8,15H2,1-6H3/b14-13+. The van der Waals surface area contributed by atoms with Crippen LogP contribution < -0.4 is 4.90 Å². The lowest BCUT2D eigenvalue weighted by atomic mass is 9.98. The van der Waals surface area contributed by atoms with Gasteiger partial charge in [-0.25, -0.2) is 14.4 Å². The maximum Gasteiger partial charge on any atom is 0.336 e. The van der Waals surface area contributed by atoms with E-state index in [9.17, 15) is 14.4 Å². The molecule has 1 aromatic rings. The number of carbonyl (C=O) groups is 3. The van der Waals surface area contributed by atoms with Crippen molar-refractivity contribution in [2.24, 2.45) is 0 Å². The molecule has 0 bridgehead atoms. The van der Waals surface area contributed by atoms with Crippen molar-refractivity contribution in [3.63, 3.8) is 0 Å². The molecule has 1 heterocycles. The second-order valence-corrected chi connectivity index (χ2v) is 8.13. The number of carbonyl (C=O) groups excluding carboxylic acids is 3. The van der Waals surface area contributed by atoms with E-state index in [4.69, 9.17) is 14.2 Å². The number of hydrogen-bond acceptors (Lipinski definition) is 7. The van der Waals surface area contributed by atoms with E-state index >= 15 is 0 Å². The molecule has 0 radical (unpaired) electrons. The number of nitrogens with zero attached hydrogens (tertiary/aromatic N) is 1. The summed E-state index contributed by atoms with van der Waals surface area (Å²) in [5.41, 5.74) is 2.15. The predicted molar refractivity (Wildman–Crippen MR) is 122 cm³/mol. The molecule has 172 valence electrons. The van der Waals surface area contributed by atoms with Crippen molar-refractivity contribution < 1.29 is 28.6 Å². The molecule has 0 saturated heterocycles. The molecule has 32 heavy (non-hydrogen) atoms. The lowest BCUT2D eigenvalue weighted by Gasteiger charge is -2.30. The van der Waals surface area contributed by atoms with Gasteiger partial charge in [-0.15, -0.1) is 0 Å². The third kappa shape index (κ3) is 6.57. The Bertz CT molecular complexity index is 965. The van der Waals surface area contributed by atoms with Crippen molar-refractivity contribution in [3.05, 3.63) is 58.9 Å². The molecule has 0 aliphatic carbocycles. The van der Waals surface area contributed by atoms with E-state index in [-0.39, 0.29) is 19.6 Å². The quantitative estimate of drug-likeness (QED) is 0.349. The van der Waals surface area contributed by atoms with Crippen LogP contribution in [0.25, 0.3) is 6.08 Å². The lowest BCUT2D eigenvalue weighted by Crippen LogP contribution is -2.27. The van der Waals surface area contributed by atoms with Gasteiger partial charge in [0.1, 0.15) is 5.60 Å². The molecular weight excluding hydrogens is 410 g/mol. The van der Waals surface area contributed by atoms with Gasteiger partial charge in [0.25, 0.3) is 0 Å². The Morgan fingerprint density at radius 2 is 1.66 bits per heavy atom. The Morgan fingerprint density at radius 3 is 2.28 bits per heavy atom. The second-order valence-electron chi connectivity index (χ2n) is 8.13. The van der Waals surface area contributed by atoms with E-state index in [1.807, 2.05) is 24.3 Å². The molecule has 0 fully saturated rings. The van der Waals surface area contributed by atoms with Gasteiger partial charge in [0, 0.05) is 24.4 Å². The maximum absolute atomic E-state index is 12.6. The highest BCUT2D eigenvalue weighted by molar-refractivity contribution is 5.98. The Balaban J connectivity index is 2.50. The van der Waals surface area contributed by atoms with Crippen LogP contribution in [0.3, 0.4) is 0 Å². The topological polar surface area (TPSA) is 82.1 Å². The van der Waals surface area contributed by atoms with Gasteiger partial charge in [-0.1, -0.05) is 18.2 Å². The zero-order valence-corrected chi connectivity index (χ0v) is 19.6. The Kier molecular flexibility index (Phi) is 8.41. The highest BCUT2D eigenvalue weighted by Crippen LogP contribution is 2.34. The lowest BCUT2D eigenvalue weighted by molar-refractivity contribution is -0.148. The van der Waals surface area contributed by atoms with Gasteiger partial charge in [-0.3, -0.25) is 0 Å². The van der Waals surface area contributed by atoms with Crippen LogP contribution in [0.2, 0.25) is 0 Å². The first-order valence-corrected chi connectivity index (χ1v) is 10.6. The third-order valence-electron chi connectivity index (χ3n) is 4.51. The molecule has 7 heteroatoms. The molecule has 1 aliphatic rings. The average Bonchev–Trinajstić information content (AvgIpc) is 2.72. The van der Waals surface area contributed by atoms with Gasteiger partial charge in [0.05, 0.1) is 30.0 Å². The molecule has 0 saturated carbocycles. The number of rotatable bonds is 7. The number of hydrogen-bond donors (Lipinski definition) is 0. The van der Waals surface area contributed by atoms with Crippen LogP contribution in [-0.2, 0) is 28.6 Å². The Labute approximate surface area is 189 Å². The van der Waals surface area contributed by atoms with Gasteiger partial charge >= 0.3 is 17.9 Å². The highest BCUT2D eigenvalue weighted by atomic mass is 16.6. The minimum absolute atomic E-state index is 0.121. The van der Waals surface area contributed by atoms with Gasteiger partial charge in [-0.05, 0) is 59.2 Å². The van der Waals surface area contributed by atoms with E-state index in [1.54, 1.807) is 58.7 Å². The highest BCUT2D eigenvalue weighted by Gasteiger charge is 2.29.